The summed E-state index contributed by atoms with van der Waals surface area (Å²) in [6.45, 7) is 4.54. The number of alkyl halides is 3. The van der Waals surface area contributed by atoms with E-state index in [1.54, 1.807) is 12.1 Å². The number of benzene rings is 1. The Kier molecular flexibility index (Phi) is 4.25. The van der Waals surface area contributed by atoms with Crippen LogP contribution in [0.5, 0.6) is 0 Å². The lowest BCUT2D eigenvalue weighted by atomic mass is 10.0. The van der Waals surface area contributed by atoms with Gasteiger partial charge in [0.2, 0.25) is 0 Å². The van der Waals surface area contributed by atoms with Crippen LogP contribution in [0, 0.1) is 0 Å². The summed E-state index contributed by atoms with van der Waals surface area (Å²) in [5, 5.41) is 2.20. The molecule has 1 aromatic carbocycles. The van der Waals surface area contributed by atoms with E-state index in [0.717, 1.165) is 5.56 Å². The van der Waals surface area contributed by atoms with Gasteiger partial charge < -0.3 is 11.1 Å². The van der Waals surface area contributed by atoms with E-state index in [4.69, 9.17) is 5.73 Å². The number of hydrogen-bond donors (Lipinski definition) is 2. The third kappa shape index (κ3) is 3.47. The Morgan fingerprint density at radius 1 is 1.32 bits per heavy atom. The number of carbonyl (C=O) groups excluding carboxylic acids is 1. The van der Waals surface area contributed by atoms with Gasteiger partial charge in [0.15, 0.2) is 5.54 Å². The molecule has 0 aromatic heterocycles. The Balaban J connectivity index is 2.92. The van der Waals surface area contributed by atoms with E-state index in [1.165, 1.54) is 6.07 Å². The van der Waals surface area contributed by atoms with Crippen molar-refractivity contribution in [1.29, 1.82) is 0 Å². The third-order valence-electron chi connectivity index (χ3n) is 2.87. The Morgan fingerprint density at radius 2 is 1.89 bits per heavy atom. The summed E-state index contributed by atoms with van der Waals surface area (Å²) in [7, 11) is 0. The average molecular weight is 274 g/mol. The van der Waals surface area contributed by atoms with Gasteiger partial charge in [-0.25, -0.2) is 0 Å². The fraction of sp³-hybridized carbons (Fsp3) is 0.462. The molecule has 0 saturated heterocycles. The molecule has 0 radical (unpaired) electrons. The van der Waals surface area contributed by atoms with Gasteiger partial charge in [-0.2, -0.15) is 13.2 Å². The zero-order valence-corrected chi connectivity index (χ0v) is 11.0. The minimum atomic E-state index is -4.80. The van der Waals surface area contributed by atoms with Crippen molar-refractivity contribution in [2.24, 2.45) is 5.73 Å². The molecule has 106 valence electrons. The first-order valence-corrected chi connectivity index (χ1v) is 5.82. The van der Waals surface area contributed by atoms with Crippen LogP contribution >= 0.6 is 0 Å². The lowest BCUT2D eigenvalue weighted by molar-refractivity contribution is -0.184. The normalized spacial score (nSPS) is 15.2. The number of rotatable bonds is 3. The minimum absolute atomic E-state index is 0.212. The van der Waals surface area contributed by atoms with Crippen LogP contribution in [0.25, 0.3) is 0 Å². The minimum Gasteiger partial charge on any atom is -0.324 e. The van der Waals surface area contributed by atoms with Gasteiger partial charge >= 0.3 is 6.18 Å². The first kappa shape index (κ1) is 15.5. The highest BCUT2D eigenvalue weighted by Crippen LogP contribution is 2.29. The maximum absolute atomic E-state index is 12.6. The van der Waals surface area contributed by atoms with Gasteiger partial charge in [0, 0.05) is 5.69 Å². The van der Waals surface area contributed by atoms with E-state index >= 15 is 0 Å². The van der Waals surface area contributed by atoms with Gasteiger partial charge in [-0.1, -0.05) is 26.0 Å². The first-order chi connectivity index (χ1) is 8.55. The lowest BCUT2D eigenvalue weighted by Crippen LogP contribution is -2.59. The molecule has 3 nitrogen and oxygen atoms in total. The highest BCUT2D eigenvalue weighted by molar-refractivity contribution is 5.98. The maximum Gasteiger partial charge on any atom is 0.415 e. The van der Waals surface area contributed by atoms with Crippen LogP contribution in [-0.2, 0) is 4.79 Å². The van der Waals surface area contributed by atoms with Crippen molar-refractivity contribution >= 4 is 11.6 Å². The summed E-state index contributed by atoms with van der Waals surface area (Å²) >= 11 is 0. The zero-order chi connectivity index (χ0) is 14.8. The van der Waals surface area contributed by atoms with Crippen molar-refractivity contribution in [3.63, 3.8) is 0 Å². The second kappa shape index (κ2) is 5.21. The van der Waals surface area contributed by atoms with Crippen molar-refractivity contribution in [3.05, 3.63) is 29.8 Å². The molecule has 0 aliphatic carbocycles. The molecule has 1 amide bonds. The van der Waals surface area contributed by atoms with Crippen LogP contribution in [0.2, 0.25) is 0 Å². The van der Waals surface area contributed by atoms with Crippen LogP contribution in [0.1, 0.15) is 32.3 Å². The zero-order valence-electron chi connectivity index (χ0n) is 11.0. The van der Waals surface area contributed by atoms with Crippen LogP contribution in [-0.4, -0.2) is 17.6 Å². The number of amides is 1. The van der Waals surface area contributed by atoms with Crippen LogP contribution < -0.4 is 11.1 Å². The van der Waals surface area contributed by atoms with E-state index in [1.807, 2.05) is 19.9 Å². The van der Waals surface area contributed by atoms with Crippen LogP contribution in [0.4, 0.5) is 18.9 Å². The fourth-order valence-corrected chi connectivity index (χ4v) is 1.37. The molecule has 0 spiro atoms. The number of halogens is 3. The molecule has 1 rings (SSSR count). The topological polar surface area (TPSA) is 55.1 Å². The molecule has 0 bridgehead atoms. The smallest absolute Gasteiger partial charge is 0.324 e. The van der Waals surface area contributed by atoms with Crippen molar-refractivity contribution < 1.29 is 18.0 Å². The summed E-state index contributed by atoms with van der Waals surface area (Å²) in [6, 6.07) is 6.67. The summed E-state index contributed by atoms with van der Waals surface area (Å²) < 4.78 is 37.8. The maximum atomic E-state index is 12.6. The number of anilines is 1. The van der Waals surface area contributed by atoms with Gasteiger partial charge in [-0.15, -0.1) is 0 Å². The number of nitrogens with two attached hydrogens (primary N) is 1. The molecule has 0 fully saturated rings. The van der Waals surface area contributed by atoms with Crippen molar-refractivity contribution in [1.82, 2.24) is 0 Å². The molecule has 19 heavy (non-hydrogen) atoms. The molecule has 3 N–H and O–H groups in total. The SMILES string of the molecule is CC(C)c1cccc(NC(=O)C(C)(N)C(F)(F)F)c1. The van der Waals surface area contributed by atoms with Gasteiger partial charge in [-0.3, -0.25) is 4.79 Å². The largest absolute Gasteiger partial charge is 0.415 e. The van der Waals surface area contributed by atoms with Gasteiger partial charge in [0.25, 0.3) is 5.91 Å². The van der Waals surface area contributed by atoms with E-state index in [2.05, 4.69) is 5.32 Å². The number of nitrogens with one attached hydrogen (secondary N) is 1. The predicted molar refractivity (Wildman–Crippen MR) is 67.8 cm³/mol. The molecule has 6 heteroatoms. The number of hydrogen-bond acceptors (Lipinski definition) is 2. The van der Waals surface area contributed by atoms with Crippen molar-refractivity contribution in [2.75, 3.05) is 5.32 Å². The number of carbonyl (C=O) groups is 1. The van der Waals surface area contributed by atoms with E-state index < -0.39 is 17.6 Å². The molecular weight excluding hydrogens is 257 g/mol. The Morgan fingerprint density at radius 3 is 2.37 bits per heavy atom. The fourth-order valence-electron chi connectivity index (χ4n) is 1.37. The highest BCUT2D eigenvalue weighted by atomic mass is 19.4. The van der Waals surface area contributed by atoms with Crippen LogP contribution in [0.15, 0.2) is 24.3 Å². The second-order valence-corrected chi connectivity index (χ2v) is 4.93. The molecular formula is C13H17F3N2O. The average Bonchev–Trinajstić information content (AvgIpc) is 2.27. The Bertz CT molecular complexity index is 467. The standard InChI is InChI=1S/C13H17F3N2O/c1-8(2)9-5-4-6-10(7-9)18-11(19)12(3,17)13(14,15)16/h4-8H,17H2,1-3H3,(H,18,19). The lowest BCUT2D eigenvalue weighted by Gasteiger charge is -2.26. The Hall–Kier alpha value is -1.56. The summed E-state index contributed by atoms with van der Waals surface area (Å²) in [5.74, 6) is -1.07. The third-order valence-corrected chi connectivity index (χ3v) is 2.87. The summed E-state index contributed by atoms with van der Waals surface area (Å²) in [5.41, 5.74) is 3.35. The van der Waals surface area contributed by atoms with Gasteiger partial charge in [0.05, 0.1) is 0 Å². The van der Waals surface area contributed by atoms with Crippen LogP contribution in [0.3, 0.4) is 0 Å². The summed E-state index contributed by atoms with van der Waals surface area (Å²) in [4.78, 5) is 11.6. The van der Waals surface area contributed by atoms with E-state index in [9.17, 15) is 18.0 Å². The molecule has 1 atom stereocenters. The molecule has 1 aromatic rings. The van der Waals surface area contributed by atoms with Crippen molar-refractivity contribution in [3.8, 4) is 0 Å². The quantitative estimate of drug-likeness (QED) is 0.890. The molecule has 0 heterocycles. The first-order valence-electron chi connectivity index (χ1n) is 5.82. The van der Waals surface area contributed by atoms with Crippen molar-refractivity contribution in [2.45, 2.75) is 38.4 Å². The Labute approximate surface area is 110 Å². The molecule has 0 aliphatic rings. The monoisotopic (exact) mass is 274 g/mol. The summed E-state index contributed by atoms with van der Waals surface area (Å²) in [6.07, 6.45) is -4.80. The van der Waals surface area contributed by atoms with E-state index in [0.29, 0.717) is 12.6 Å². The second-order valence-electron chi connectivity index (χ2n) is 4.93. The molecule has 1 unspecified atom stereocenters. The van der Waals surface area contributed by atoms with Gasteiger partial charge in [-0.05, 0) is 30.5 Å². The predicted octanol–water partition coefficient (Wildman–Crippen LogP) is 3.03. The van der Waals surface area contributed by atoms with E-state index in [-0.39, 0.29) is 5.92 Å². The molecule has 0 saturated carbocycles. The van der Waals surface area contributed by atoms with Gasteiger partial charge in [0.1, 0.15) is 0 Å². The highest BCUT2D eigenvalue weighted by Gasteiger charge is 2.53. The molecule has 0 aliphatic heterocycles.